The van der Waals surface area contributed by atoms with E-state index < -0.39 is 46.0 Å². The highest BCUT2D eigenvalue weighted by Crippen LogP contribution is 2.34. The summed E-state index contributed by atoms with van der Waals surface area (Å²) in [5.74, 6) is -2.46. The molecule has 0 bridgehead atoms. The number of carbonyl (C=O) groups is 1. The predicted molar refractivity (Wildman–Crippen MR) is 96.3 cm³/mol. The molecular formula is C18H17ClF4N2O4. The topological polar surface area (TPSA) is 70.4 Å². The zero-order valence-corrected chi connectivity index (χ0v) is 16.6. The van der Waals surface area contributed by atoms with Crippen molar-refractivity contribution in [3.8, 4) is 11.4 Å². The molecule has 0 aliphatic carbocycles. The van der Waals surface area contributed by atoms with E-state index in [1.54, 1.807) is 13.8 Å². The maximum atomic E-state index is 14.5. The van der Waals surface area contributed by atoms with Crippen molar-refractivity contribution >= 4 is 17.6 Å². The molecule has 0 unspecified atom stereocenters. The Hall–Kier alpha value is -2.62. The van der Waals surface area contributed by atoms with E-state index in [2.05, 4.69) is 9.84 Å². The van der Waals surface area contributed by atoms with Crippen LogP contribution in [0.4, 0.5) is 17.6 Å². The number of ether oxygens (including phenoxy) is 2. The van der Waals surface area contributed by atoms with Crippen molar-refractivity contribution in [3.05, 3.63) is 50.1 Å². The van der Waals surface area contributed by atoms with Gasteiger partial charge in [0.1, 0.15) is 11.4 Å². The van der Waals surface area contributed by atoms with E-state index in [1.807, 2.05) is 0 Å². The molecule has 0 saturated heterocycles. The minimum atomic E-state index is -5.05. The summed E-state index contributed by atoms with van der Waals surface area (Å²) in [7, 11) is 0. The quantitative estimate of drug-likeness (QED) is 0.516. The molecule has 0 radical (unpaired) electrons. The molecule has 11 heteroatoms. The number of esters is 1. The van der Waals surface area contributed by atoms with Gasteiger partial charge in [0, 0.05) is 11.6 Å². The third kappa shape index (κ3) is 4.69. The first-order valence-electron chi connectivity index (χ1n) is 8.42. The van der Waals surface area contributed by atoms with Gasteiger partial charge in [0.05, 0.1) is 23.3 Å². The first kappa shape index (κ1) is 22.7. The number of nitrogens with zero attached hydrogens (tertiary/aromatic N) is 2. The minimum Gasteiger partial charge on any atom is -0.489 e. The lowest BCUT2D eigenvalue weighted by Gasteiger charge is -2.17. The Bertz CT molecular complexity index is 1000. The highest BCUT2D eigenvalue weighted by Gasteiger charge is 2.41. The zero-order valence-electron chi connectivity index (χ0n) is 15.9. The molecule has 0 N–H and O–H groups in total. The average molecular weight is 437 g/mol. The molecule has 6 nitrogen and oxygen atoms in total. The Morgan fingerprint density at radius 3 is 2.45 bits per heavy atom. The number of aromatic nitrogens is 2. The maximum absolute atomic E-state index is 14.5. The van der Waals surface area contributed by atoms with Crippen molar-refractivity contribution in [1.29, 1.82) is 0 Å². The zero-order chi connectivity index (χ0) is 22.1. The van der Waals surface area contributed by atoms with E-state index in [9.17, 15) is 27.2 Å². The summed E-state index contributed by atoms with van der Waals surface area (Å²) in [5.41, 5.74) is -5.32. The number of hydrogen-bond acceptors (Lipinski definition) is 5. The molecule has 0 fully saturated rings. The molecule has 0 atom stereocenters. The SMILES string of the molecule is CCOC(=O)c1nn(-c2cc(OC(C)C)c(Cl)cc2F)c(=O)c(C)c1C(F)(F)F. The van der Waals surface area contributed by atoms with Crippen LogP contribution in [0.1, 0.15) is 42.4 Å². The van der Waals surface area contributed by atoms with Crippen LogP contribution in [0.3, 0.4) is 0 Å². The van der Waals surface area contributed by atoms with E-state index in [-0.39, 0.29) is 23.5 Å². The molecule has 0 amide bonds. The largest absolute Gasteiger partial charge is 0.489 e. The number of rotatable bonds is 5. The Morgan fingerprint density at radius 1 is 1.31 bits per heavy atom. The van der Waals surface area contributed by atoms with Gasteiger partial charge in [-0.05, 0) is 33.8 Å². The number of hydrogen-bond donors (Lipinski definition) is 0. The minimum absolute atomic E-state index is 0.0120. The summed E-state index contributed by atoms with van der Waals surface area (Å²) in [6, 6.07) is 1.85. The van der Waals surface area contributed by atoms with Crippen LogP contribution >= 0.6 is 11.6 Å². The summed E-state index contributed by atoms with van der Waals surface area (Å²) in [4.78, 5) is 24.6. The fourth-order valence-electron chi connectivity index (χ4n) is 2.52. The normalized spacial score (nSPS) is 11.7. The van der Waals surface area contributed by atoms with Crippen LogP contribution in [0.25, 0.3) is 5.69 Å². The van der Waals surface area contributed by atoms with Crippen molar-refractivity contribution in [2.45, 2.75) is 40.0 Å². The smallest absolute Gasteiger partial charge is 0.419 e. The number of benzene rings is 1. The molecule has 2 rings (SSSR count). The summed E-state index contributed by atoms with van der Waals surface area (Å²) < 4.78 is 65.3. The van der Waals surface area contributed by atoms with Gasteiger partial charge in [-0.3, -0.25) is 4.79 Å². The van der Waals surface area contributed by atoms with E-state index in [0.29, 0.717) is 4.68 Å². The summed E-state index contributed by atoms with van der Waals surface area (Å²) in [6.07, 6.45) is -5.41. The Labute approximate surface area is 168 Å². The monoisotopic (exact) mass is 436 g/mol. The maximum Gasteiger partial charge on any atom is 0.419 e. The van der Waals surface area contributed by atoms with Crippen LogP contribution in [0.15, 0.2) is 16.9 Å². The molecule has 158 valence electrons. The Kier molecular flexibility index (Phi) is 6.56. The first-order chi connectivity index (χ1) is 13.4. The number of alkyl halides is 3. The van der Waals surface area contributed by atoms with Crippen molar-refractivity contribution in [2.24, 2.45) is 0 Å². The van der Waals surface area contributed by atoms with Gasteiger partial charge < -0.3 is 9.47 Å². The van der Waals surface area contributed by atoms with Crippen molar-refractivity contribution in [3.63, 3.8) is 0 Å². The lowest BCUT2D eigenvalue weighted by Crippen LogP contribution is -2.32. The highest BCUT2D eigenvalue weighted by atomic mass is 35.5. The van der Waals surface area contributed by atoms with E-state index in [1.165, 1.54) is 6.92 Å². The fraction of sp³-hybridized carbons (Fsp3) is 0.389. The van der Waals surface area contributed by atoms with Gasteiger partial charge in [-0.2, -0.15) is 23.0 Å². The molecule has 1 aromatic heterocycles. The molecule has 0 aliphatic heterocycles. The molecule has 0 saturated carbocycles. The predicted octanol–water partition coefficient (Wildman–Crippen LogP) is 4.32. The van der Waals surface area contributed by atoms with E-state index in [0.717, 1.165) is 19.1 Å². The standard InChI is InChI=1S/C18H17ClF4N2O4/c1-5-28-17(27)15-14(18(21,22)23)9(4)16(26)25(24-15)12-7-13(29-8(2)3)10(19)6-11(12)20/h6-8H,5H2,1-4H3. The molecule has 0 spiro atoms. The summed E-state index contributed by atoms with van der Waals surface area (Å²) >= 11 is 5.92. The second-order valence-corrected chi connectivity index (χ2v) is 6.59. The molecule has 0 aliphatic rings. The van der Waals surface area contributed by atoms with Crippen LogP contribution < -0.4 is 10.3 Å². The molecule has 2 aromatic rings. The average Bonchev–Trinajstić information content (AvgIpc) is 2.58. The third-order valence-electron chi connectivity index (χ3n) is 3.67. The van der Waals surface area contributed by atoms with E-state index >= 15 is 0 Å². The van der Waals surface area contributed by atoms with Gasteiger partial charge >= 0.3 is 12.1 Å². The number of carbonyl (C=O) groups excluding carboxylic acids is 1. The Balaban J connectivity index is 2.84. The van der Waals surface area contributed by atoms with Gasteiger partial charge in [0.2, 0.25) is 0 Å². The third-order valence-corrected chi connectivity index (χ3v) is 3.96. The van der Waals surface area contributed by atoms with E-state index in [4.69, 9.17) is 16.3 Å². The second-order valence-electron chi connectivity index (χ2n) is 6.18. The number of halogens is 5. The first-order valence-corrected chi connectivity index (χ1v) is 8.80. The van der Waals surface area contributed by atoms with Crippen LogP contribution in [0.2, 0.25) is 5.02 Å². The van der Waals surface area contributed by atoms with Gasteiger partial charge in [0.15, 0.2) is 11.5 Å². The summed E-state index contributed by atoms with van der Waals surface area (Å²) in [5, 5.41) is 3.36. The fourth-order valence-corrected chi connectivity index (χ4v) is 2.71. The van der Waals surface area contributed by atoms with Gasteiger partial charge in [-0.25, -0.2) is 9.18 Å². The molecule has 1 aromatic carbocycles. The van der Waals surface area contributed by atoms with Crippen LogP contribution in [-0.4, -0.2) is 28.5 Å². The van der Waals surface area contributed by atoms with Crippen molar-refractivity contribution < 1.29 is 31.8 Å². The molecule has 29 heavy (non-hydrogen) atoms. The van der Waals surface area contributed by atoms with Gasteiger partial charge in [0.25, 0.3) is 5.56 Å². The molecule has 1 heterocycles. The van der Waals surface area contributed by atoms with Crippen molar-refractivity contribution in [2.75, 3.05) is 6.61 Å². The lowest BCUT2D eigenvalue weighted by atomic mass is 10.1. The van der Waals surface area contributed by atoms with Crippen LogP contribution in [0.5, 0.6) is 5.75 Å². The second kappa shape index (κ2) is 8.40. The van der Waals surface area contributed by atoms with Crippen LogP contribution in [0, 0.1) is 12.7 Å². The highest BCUT2D eigenvalue weighted by molar-refractivity contribution is 6.32. The lowest BCUT2D eigenvalue weighted by molar-refractivity contribution is -0.139. The van der Waals surface area contributed by atoms with Crippen molar-refractivity contribution in [1.82, 2.24) is 9.78 Å². The van der Waals surface area contributed by atoms with Gasteiger partial charge in [-0.15, -0.1) is 0 Å². The summed E-state index contributed by atoms with van der Waals surface area (Å²) in [6.45, 7) is 5.38. The van der Waals surface area contributed by atoms with Crippen LogP contribution in [-0.2, 0) is 10.9 Å². The van der Waals surface area contributed by atoms with Gasteiger partial charge in [-0.1, -0.05) is 11.6 Å². The molecular weight excluding hydrogens is 420 g/mol. The Morgan fingerprint density at radius 2 is 1.93 bits per heavy atom.